The summed E-state index contributed by atoms with van der Waals surface area (Å²) < 4.78 is 1.03. The van der Waals surface area contributed by atoms with Crippen molar-refractivity contribution in [3.63, 3.8) is 0 Å². The molecule has 0 aliphatic heterocycles. The number of aromatic carboxylic acids is 1. The fourth-order valence-corrected chi connectivity index (χ4v) is 2.48. The zero-order valence-electron chi connectivity index (χ0n) is 9.01. The van der Waals surface area contributed by atoms with Crippen molar-refractivity contribution in [3.8, 4) is 0 Å². The van der Waals surface area contributed by atoms with E-state index in [4.69, 9.17) is 5.11 Å². The quantitative estimate of drug-likeness (QED) is 0.812. The summed E-state index contributed by atoms with van der Waals surface area (Å²) in [5, 5.41) is 13.5. The van der Waals surface area contributed by atoms with E-state index in [0.29, 0.717) is 10.6 Å². The molecule has 0 atom stereocenters. The van der Waals surface area contributed by atoms with Crippen molar-refractivity contribution in [2.24, 2.45) is 0 Å². The number of benzene rings is 1. The Morgan fingerprint density at radius 3 is 2.44 bits per heavy atom. The molecule has 6 heteroatoms. The maximum Gasteiger partial charge on any atom is 0.338 e. The van der Waals surface area contributed by atoms with E-state index in [2.05, 4.69) is 27.9 Å². The molecule has 1 aromatic carbocycles. The lowest BCUT2D eigenvalue weighted by Crippen LogP contribution is -2.13. The highest BCUT2D eigenvalue weighted by molar-refractivity contribution is 14.1. The first-order valence-corrected chi connectivity index (χ1v) is 6.91. The van der Waals surface area contributed by atoms with E-state index in [1.165, 1.54) is 17.4 Å². The van der Waals surface area contributed by atoms with Crippen molar-refractivity contribution < 1.29 is 14.7 Å². The SMILES string of the molecule is O=C(Nc1sccc1C(=O)O)c1ccc(I)cc1. The number of halogens is 1. The maximum atomic E-state index is 11.9. The third-order valence-electron chi connectivity index (χ3n) is 2.23. The van der Waals surface area contributed by atoms with E-state index >= 15 is 0 Å². The van der Waals surface area contributed by atoms with Gasteiger partial charge in [-0.05, 0) is 58.3 Å². The van der Waals surface area contributed by atoms with Gasteiger partial charge in [-0.3, -0.25) is 4.79 Å². The van der Waals surface area contributed by atoms with Crippen LogP contribution >= 0.6 is 33.9 Å². The van der Waals surface area contributed by atoms with E-state index in [0.717, 1.165) is 3.57 Å². The van der Waals surface area contributed by atoms with E-state index in [1.54, 1.807) is 17.5 Å². The van der Waals surface area contributed by atoms with Crippen molar-refractivity contribution in [1.82, 2.24) is 0 Å². The number of thiophene rings is 1. The van der Waals surface area contributed by atoms with Crippen LogP contribution in [0, 0.1) is 3.57 Å². The number of rotatable bonds is 3. The number of carboxylic acid groups (broad SMARTS) is 1. The minimum absolute atomic E-state index is 0.110. The molecule has 4 nitrogen and oxygen atoms in total. The van der Waals surface area contributed by atoms with Gasteiger partial charge in [-0.2, -0.15) is 0 Å². The fraction of sp³-hybridized carbons (Fsp3) is 0. The molecule has 0 fully saturated rings. The first kappa shape index (κ1) is 13.0. The lowest BCUT2D eigenvalue weighted by atomic mass is 10.2. The average molecular weight is 373 g/mol. The highest BCUT2D eigenvalue weighted by Gasteiger charge is 2.14. The number of hydrogen-bond donors (Lipinski definition) is 2. The Morgan fingerprint density at radius 1 is 1.17 bits per heavy atom. The Balaban J connectivity index is 2.19. The van der Waals surface area contributed by atoms with Crippen LogP contribution < -0.4 is 5.32 Å². The van der Waals surface area contributed by atoms with Gasteiger partial charge in [0.2, 0.25) is 0 Å². The highest BCUT2D eigenvalue weighted by atomic mass is 127. The summed E-state index contributed by atoms with van der Waals surface area (Å²) in [6.45, 7) is 0. The molecule has 0 aliphatic carbocycles. The Morgan fingerprint density at radius 2 is 1.83 bits per heavy atom. The second-order valence-corrected chi connectivity index (χ2v) is 5.59. The van der Waals surface area contributed by atoms with Crippen LogP contribution in [0.1, 0.15) is 20.7 Å². The molecular formula is C12H8INO3S. The summed E-state index contributed by atoms with van der Waals surface area (Å²) in [4.78, 5) is 22.8. The van der Waals surface area contributed by atoms with Gasteiger partial charge in [-0.1, -0.05) is 0 Å². The van der Waals surface area contributed by atoms with Crippen molar-refractivity contribution in [2.45, 2.75) is 0 Å². The average Bonchev–Trinajstić information content (AvgIpc) is 2.78. The molecule has 0 saturated heterocycles. The van der Waals surface area contributed by atoms with E-state index in [-0.39, 0.29) is 11.5 Å². The van der Waals surface area contributed by atoms with Crippen LogP contribution in [-0.2, 0) is 0 Å². The number of carboxylic acids is 1. The minimum Gasteiger partial charge on any atom is -0.478 e. The van der Waals surface area contributed by atoms with Gasteiger partial charge in [-0.25, -0.2) is 4.79 Å². The van der Waals surface area contributed by atoms with Crippen LogP contribution in [0.4, 0.5) is 5.00 Å². The minimum atomic E-state index is -1.05. The van der Waals surface area contributed by atoms with Gasteiger partial charge in [-0.15, -0.1) is 11.3 Å². The number of nitrogens with one attached hydrogen (secondary N) is 1. The third kappa shape index (κ3) is 2.88. The van der Waals surface area contributed by atoms with Crippen LogP contribution in [-0.4, -0.2) is 17.0 Å². The van der Waals surface area contributed by atoms with Gasteiger partial charge >= 0.3 is 5.97 Å². The van der Waals surface area contributed by atoms with Crippen molar-refractivity contribution in [3.05, 3.63) is 50.4 Å². The number of anilines is 1. The number of hydrogen-bond acceptors (Lipinski definition) is 3. The highest BCUT2D eigenvalue weighted by Crippen LogP contribution is 2.23. The van der Waals surface area contributed by atoms with E-state index in [1.807, 2.05) is 12.1 Å². The molecule has 1 heterocycles. The normalized spacial score (nSPS) is 10.1. The Labute approximate surface area is 121 Å². The smallest absolute Gasteiger partial charge is 0.338 e. The Bertz CT molecular complexity index is 592. The summed E-state index contributed by atoms with van der Waals surface area (Å²) >= 11 is 3.34. The zero-order valence-corrected chi connectivity index (χ0v) is 12.0. The monoisotopic (exact) mass is 373 g/mol. The van der Waals surface area contributed by atoms with Gasteiger partial charge in [0.1, 0.15) is 5.00 Å². The molecule has 0 spiro atoms. The molecule has 92 valence electrons. The van der Waals surface area contributed by atoms with Crippen molar-refractivity contribution >= 4 is 50.8 Å². The van der Waals surface area contributed by atoms with Gasteiger partial charge in [0, 0.05) is 9.13 Å². The van der Waals surface area contributed by atoms with Gasteiger partial charge < -0.3 is 10.4 Å². The lowest BCUT2D eigenvalue weighted by Gasteiger charge is -2.04. The fourth-order valence-electron chi connectivity index (χ4n) is 1.35. The predicted octanol–water partition coefficient (Wildman–Crippen LogP) is 3.30. The summed E-state index contributed by atoms with van der Waals surface area (Å²) in [7, 11) is 0. The largest absolute Gasteiger partial charge is 0.478 e. The molecule has 1 amide bonds. The van der Waals surface area contributed by atoms with Crippen LogP contribution in [0.2, 0.25) is 0 Å². The van der Waals surface area contributed by atoms with Crippen LogP contribution in [0.15, 0.2) is 35.7 Å². The zero-order chi connectivity index (χ0) is 13.1. The summed E-state index contributed by atoms with van der Waals surface area (Å²) in [5.41, 5.74) is 0.610. The molecule has 2 rings (SSSR count). The van der Waals surface area contributed by atoms with Gasteiger partial charge in [0.25, 0.3) is 5.91 Å². The maximum absolute atomic E-state index is 11.9. The van der Waals surface area contributed by atoms with Gasteiger partial charge in [0.05, 0.1) is 5.56 Å². The summed E-state index contributed by atoms with van der Waals surface area (Å²) in [5.74, 6) is -1.36. The van der Waals surface area contributed by atoms with Crippen molar-refractivity contribution in [2.75, 3.05) is 5.32 Å². The van der Waals surface area contributed by atoms with Crippen LogP contribution in [0.3, 0.4) is 0 Å². The second-order valence-electron chi connectivity index (χ2n) is 3.43. The van der Waals surface area contributed by atoms with Crippen LogP contribution in [0.5, 0.6) is 0 Å². The molecular weight excluding hydrogens is 365 g/mol. The topological polar surface area (TPSA) is 66.4 Å². The Kier molecular flexibility index (Phi) is 3.97. The molecule has 2 aromatic rings. The standard InChI is InChI=1S/C12H8INO3S/c13-8-3-1-7(2-4-8)10(15)14-11-9(12(16)17)5-6-18-11/h1-6H,(H,14,15)(H,16,17). The lowest BCUT2D eigenvalue weighted by molar-refractivity contribution is 0.0698. The van der Waals surface area contributed by atoms with E-state index in [9.17, 15) is 9.59 Å². The first-order valence-electron chi connectivity index (χ1n) is 4.95. The molecule has 0 radical (unpaired) electrons. The summed E-state index contributed by atoms with van der Waals surface area (Å²) in [6.07, 6.45) is 0. The van der Waals surface area contributed by atoms with Crippen molar-refractivity contribution in [1.29, 1.82) is 0 Å². The summed E-state index contributed by atoms with van der Waals surface area (Å²) in [6, 6.07) is 8.51. The Hall–Kier alpha value is -1.41. The number of carbonyl (C=O) groups is 2. The van der Waals surface area contributed by atoms with E-state index < -0.39 is 5.97 Å². The molecule has 0 bridgehead atoms. The van der Waals surface area contributed by atoms with Gasteiger partial charge in [0.15, 0.2) is 0 Å². The predicted molar refractivity (Wildman–Crippen MR) is 78.4 cm³/mol. The molecule has 2 N–H and O–H groups in total. The molecule has 18 heavy (non-hydrogen) atoms. The first-order chi connectivity index (χ1) is 8.58. The second kappa shape index (κ2) is 5.49. The van der Waals surface area contributed by atoms with Crippen LogP contribution in [0.25, 0.3) is 0 Å². The number of amides is 1. The molecule has 0 unspecified atom stereocenters. The number of carbonyl (C=O) groups excluding carboxylic acids is 1. The molecule has 1 aromatic heterocycles. The molecule has 0 saturated carbocycles. The molecule has 0 aliphatic rings. The third-order valence-corrected chi connectivity index (χ3v) is 3.78.